The summed E-state index contributed by atoms with van der Waals surface area (Å²) in [5.41, 5.74) is 2.11. The van der Waals surface area contributed by atoms with Gasteiger partial charge in [0.15, 0.2) is 0 Å². The average Bonchev–Trinajstić information content (AvgIpc) is 2.94. The Morgan fingerprint density at radius 1 is 1.50 bits per heavy atom. The largest absolute Gasteiger partial charge is 0.313 e. The van der Waals surface area contributed by atoms with Crippen LogP contribution in [-0.4, -0.2) is 43.1 Å². The van der Waals surface area contributed by atoms with Crippen LogP contribution in [0.1, 0.15) is 30.7 Å². The van der Waals surface area contributed by atoms with Crippen LogP contribution in [0.4, 0.5) is 0 Å². The fourth-order valence-corrected chi connectivity index (χ4v) is 3.97. The molecule has 0 radical (unpaired) electrons. The van der Waals surface area contributed by atoms with Crippen LogP contribution >= 0.6 is 0 Å². The first-order chi connectivity index (χ1) is 9.46. The maximum atomic E-state index is 11.9. The molecule has 2 heterocycles. The van der Waals surface area contributed by atoms with Gasteiger partial charge in [0.05, 0.1) is 11.4 Å². The third kappa shape index (κ3) is 4.57. The highest BCUT2D eigenvalue weighted by Gasteiger charge is 2.21. The van der Waals surface area contributed by atoms with Gasteiger partial charge in [0.2, 0.25) is 10.0 Å². The number of hydrogen-bond acceptors (Lipinski definition) is 4. The summed E-state index contributed by atoms with van der Waals surface area (Å²) in [4.78, 5) is 0. The van der Waals surface area contributed by atoms with E-state index in [1.165, 1.54) is 0 Å². The highest BCUT2D eigenvalue weighted by atomic mass is 32.2. The molecule has 0 spiro atoms. The second-order valence-corrected chi connectivity index (χ2v) is 7.32. The van der Waals surface area contributed by atoms with Crippen molar-refractivity contribution in [1.29, 1.82) is 0 Å². The van der Waals surface area contributed by atoms with Gasteiger partial charge in [0.25, 0.3) is 0 Å². The number of nitrogens with zero attached hydrogens (tertiary/aromatic N) is 2. The summed E-state index contributed by atoms with van der Waals surface area (Å²) in [6.45, 7) is 6.10. The molecule has 1 aliphatic heterocycles. The number of aromatic nitrogens is 2. The average molecular weight is 300 g/mol. The van der Waals surface area contributed by atoms with Crippen LogP contribution in [0.2, 0.25) is 0 Å². The first-order valence-corrected chi connectivity index (χ1v) is 8.83. The summed E-state index contributed by atoms with van der Waals surface area (Å²) in [7, 11) is -3.17. The third-order valence-corrected chi connectivity index (χ3v) is 5.04. The van der Waals surface area contributed by atoms with E-state index in [2.05, 4.69) is 15.1 Å². The zero-order chi connectivity index (χ0) is 14.6. The SMILES string of the molecule is Cc1cc(C)n(CCCNS(=O)(=O)CC2CCCN2)n1. The Labute approximate surface area is 121 Å². The summed E-state index contributed by atoms with van der Waals surface area (Å²) in [5, 5.41) is 7.56. The maximum Gasteiger partial charge on any atom is 0.213 e. The number of nitrogens with one attached hydrogen (secondary N) is 2. The molecule has 2 N–H and O–H groups in total. The minimum Gasteiger partial charge on any atom is -0.313 e. The van der Waals surface area contributed by atoms with Crippen LogP contribution in [0, 0.1) is 13.8 Å². The first-order valence-electron chi connectivity index (χ1n) is 7.18. The molecule has 1 fully saturated rings. The van der Waals surface area contributed by atoms with Crippen LogP contribution in [0.15, 0.2) is 6.07 Å². The predicted octanol–water partition coefficient (Wildman–Crippen LogP) is 0.561. The van der Waals surface area contributed by atoms with Crippen molar-refractivity contribution in [3.8, 4) is 0 Å². The van der Waals surface area contributed by atoms with E-state index in [0.29, 0.717) is 6.54 Å². The normalized spacial score (nSPS) is 19.6. The van der Waals surface area contributed by atoms with Gasteiger partial charge >= 0.3 is 0 Å². The van der Waals surface area contributed by atoms with Gasteiger partial charge in [-0.2, -0.15) is 5.10 Å². The molecule has 1 saturated heterocycles. The fourth-order valence-electron chi connectivity index (χ4n) is 2.58. The van der Waals surface area contributed by atoms with Crippen molar-refractivity contribution >= 4 is 10.0 Å². The van der Waals surface area contributed by atoms with Gasteiger partial charge < -0.3 is 5.32 Å². The van der Waals surface area contributed by atoms with Gasteiger partial charge in [-0.1, -0.05) is 0 Å². The second-order valence-electron chi connectivity index (χ2n) is 5.47. The lowest BCUT2D eigenvalue weighted by atomic mass is 10.3. The highest BCUT2D eigenvalue weighted by Crippen LogP contribution is 2.07. The Kier molecular flexibility index (Phi) is 5.17. The zero-order valence-corrected chi connectivity index (χ0v) is 13.0. The summed E-state index contributed by atoms with van der Waals surface area (Å²) < 4.78 is 28.4. The summed E-state index contributed by atoms with van der Waals surface area (Å²) in [5.74, 6) is 0.187. The highest BCUT2D eigenvalue weighted by molar-refractivity contribution is 7.89. The smallest absolute Gasteiger partial charge is 0.213 e. The molecule has 114 valence electrons. The first kappa shape index (κ1) is 15.5. The predicted molar refractivity (Wildman–Crippen MR) is 79.1 cm³/mol. The molecule has 0 saturated carbocycles. The molecule has 7 heteroatoms. The minimum absolute atomic E-state index is 0.114. The Morgan fingerprint density at radius 3 is 2.90 bits per heavy atom. The van der Waals surface area contributed by atoms with Crippen LogP contribution in [0.3, 0.4) is 0 Å². The molecule has 1 atom stereocenters. The van der Waals surface area contributed by atoms with Gasteiger partial charge in [0, 0.05) is 24.8 Å². The molecule has 2 rings (SSSR count). The van der Waals surface area contributed by atoms with Gasteiger partial charge in [0.1, 0.15) is 0 Å². The van der Waals surface area contributed by atoms with Crippen molar-refractivity contribution in [3.05, 3.63) is 17.5 Å². The molecule has 0 aromatic carbocycles. The molecule has 1 aliphatic rings. The van der Waals surface area contributed by atoms with Crippen molar-refractivity contribution in [2.75, 3.05) is 18.8 Å². The number of sulfonamides is 1. The number of aryl methyl sites for hydroxylation is 3. The lowest BCUT2D eigenvalue weighted by Crippen LogP contribution is -2.37. The van der Waals surface area contributed by atoms with Crippen LogP contribution in [-0.2, 0) is 16.6 Å². The Balaban J connectivity index is 1.70. The molecule has 20 heavy (non-hydrogen) atoms. The van der Waals surface area contributed by atoms with Crippen molar-refractivity contribution in [3.63, 3.8) is 0 Å². The Hall–Kier alpha value is -0.920. The number of hydrogen-bond donors (Lipinski definition) is 2. The van der Waals surface area contributed by atoms with E-state index in [4.69, 9.17) is 0 Å². The fraction of sp³-hybridized carbons (Fsp3) is 0.769. The van der Waals surface area contributed by atoms with Crippen molar-refractivity contribution in [2.24, 2.45) is 0 Å². The van der Waals surface area contributed by atoms with E-state index in [-0.39, 0.29) is 11.8 Å². The lowest BCUT2D eigenvalue weighted by molar-refractivity contribution is 0.538. The molecule has 0 aliphatic carbocycles. The molecular weight excluding hydrogens is 276 g/mol. The van der Waals surface area contributed by atoms with E-state index >= 15 is 0 Å². The van der Waals surface area contributed by atoms with Crippen LogP contribution in [0.25, 0.3) is 0 Å². The van der Waals surface area contributed by atoms with E-state index in [1.807, 2.05) is 24.6 Å². The van der Waals surface area contributed by atoms with Crippen molar-refractivity contribution < 1.29 is 8.42 Å². The molecule has 6 nitrogen and oxygen atoms in total. The molecular formula is C13H24N4O2S. The standard InChI is InChI=1S/C13H24N4O2S/c1-11-9-12(2)17(16-11)8-4-7-15-20(18,19)10-13-5-3-6-14-13/h9,13-15H,3-8,10H2,1-2H3. The quantitative estimate of drug-likeness (QED) is 0.722. The van der Waals surface area contributed by atoms with E-state index in [9.17, 15) is 8.42 Å². The Morgan fingerprint density at radius 2 is 2.30 bits per heavy atom. The molecule has 0 amide bonds. The summed E-state index contributed by atoms with van der Waals surface area (Å²) >= 11 is 0. The van der Waals surface area contributed by atoms with E-state index in [1.54, 1.807) is 0 Å². The van der Waals surface area contributed by atoms with Crippen LogP contribution in [0.5, 0.6) is 0 Å². The van der Waals surface area contributed by atoms with Crippen molar-refractivity contribution in [2.45, 2.75) is 45.7 Å². The summed E-state index contributed by atoms with van der Waals surface area (Å²) in [6, 6.07) is 2.14. The molecule has 1 unspecified atom stereocenters. The van der Waals surface area contributed by atoms with Crippen LogP contribution < -0.4 is 10.0 Å². The Bertz CT molecular complexity index is 533. The third-order valence-electron chi connectivity index (χ3n) is 3.56. The maximum absolute atomic E-state index is 11.9. The van der Waals surface area contributed by atoms with E-state index in [0.717, 1.165) is 43.7 Å². The second kappa shape index (κ2) is 6.69. The van der Waals surface area contributed by atoms with Gasteiger partial charge in [-0.3, -0.25) is 4.68 Å². The molecule has 1 aromatic rings. The molecule has 0 bridgehead atoms. The van der Waals surface area contributed by atoms with Gasteiger partial charge in [-0.15, -0.1) is 0 Å². The van der Waals surface area contributed by atoms with Gasteiger partial charge in [-0.25, -0.2) is 13.1 Å². The minimum atomic E-state index is -3.17. The van der Waals surface area contributed by atoms with E-state index < -0.39 is 10.0 Å². The lowest BCUT2D eigenvalue weighted by Gasteiger charge is -2.12. The van der Waals surface area contributed by atoms with Crippen molar-refractivity contribution in [1.82, 2.24) is 19.8 Å². The summed E-state index contributed by atoms with van der Waals surface area (Å²) in [6.07, 6.45) is 2.77. The zero-order valence-electron chi connectivity index (χ0n) is 12.2. The monoisotopic (exact) mass is 300 g/mol. The topological polar surface area (TPSA) is 76.0 Å². The van der Waals surface area contributed by atoms with Gasteiger partial charge in [-0.05, 0) is 45.7 Å². The number of rotatable bonds is 7. The molecule has 1 aromatic heterocycles.